The SMILES string of the molecule is Cc1ccc(C(=O)Nc2ccc3c(c2)CCC(=O)N3)cn1. The van der Waals surface area contributed by atoms with Crippen LogP contribution in [0.3, 0.4) is 0 Å². The maximum atomic E-state index is 12.1. The lowest BCUT2D eigenvalue weighted by Gasteiger charge is -2.17. The van der Waals surface area contributed by atoms with Crippen LogP contribution in [0.5, 0.6) is 0 Å². The number of amides is 2. The van der Waals surface area contributed by atoms with Crippen molar-refractivity contribution in [2.24, 2.45) is 0 Å². The molecule has 106 valence electrons. The molecule has 0 atom stereocenters. The fraction of sp³-hybridized carbons (Fsp3) is 0.188. The summed E-state index contributed by atoms with van der Waals surface area (Å²) in [6.45, 7) is 1.87. The van der Waals surface area contributed by atoms with Crippen molar-refractivity contribution in [3.05, 3.63) is 53.3 Å². The highest BCUT2D eigenvalue weighted by Crippen LogP contribution is 2.25. The van der Waals surface area contributed by atoms with Gasteiger partial charge in [-0.3, -0.25) is 14.6 Å². The summed E-state index contributed by atoms with van der Waals surface area (Å²) >= 11 is 0. The number of hydrogen-bond donors (Lipinski definition) is 2. The first kappa shape index (κ1) is 13.3. The lowest BCUT2D eigenvalue weighted by atomic mass is 10.0. The molecule has 1 aromatic carbocycles. The molecule has 0 unspecified atom stereocenters. The van der Waals surface area contributed by atoms with Crippen molar-refractivity contribution in [1.82, 2.24) is 4.98 Å². The topological polar surface area (TPSA) is 71.1 Å². The van der Waals surface area contributed by atoms with Crippen LogP contribution in [0.4, 0.5) is 11.4 Å². The number of pyridine rings is 1. The molecule has 1 aliphatic heterocycles. The van der Waals surface area contributed by atoms with Crippen LogP contribution in [0, 0.1) is 6.92 Å². The molecule has 0 fully saturated rings. The molecule has 0 saturated heterocycles. The minimum atomic E-state index is -0.192. The summed E-state index contributed by atoms with van der Waals surface area (Å²) in [4.78, 5) is 27.5. The first-order valence-corrected chi connectivity index (χ1v) is 6.78. The number of hydrogen-bond acceptors (Lipinski definition) is 3. The number of nitrogens with one attached hydrogen (secondary N) is 2. The Kier molecular flexibility index (Phi) is 3.39. The van der Waals surface area contributed by atoms with Crippen LogP contribution >= 0.6 is 0 Å². The predicted molar refractivity (Wildman–Crippen MR) is 80.3 cm³/mol. The highest BCUT2D eigenvalue weighted by Gasteiger charge is 2.15. The summed E-state index contributed by atoms with van der Waals surface area (Å²) in [6.07, 6.45) is 2.73. The standard InChI is InChI=1S/C16H15N3O2/c1-10-2-3-12(9-17-10)16(21)18-13-5-6-14-11(8-13)4-7-15(20)19-14/h2-3,5-6,8-9H,4,7H2,1H3,(H,18,21)(H,19,20). The molecular formula is C16H15N3O2. The van der Waals surface area contributed by atoms with Crippen LogP contribution in [-0.4, -0.2) is 16.8 Å². The fourth-order valence-corrected chi connectivity index (χ4v) is 2.27. The summed E-state index contributed by atoms with van der Waals surface area (Å²) in [6, 6.07) is 9.04. The Bertz CT molecular complexity index is 708. The van der Waals surface area contributed by atoms with Gasteiger partial charge in [0.25, 0.3) is 5.91 Å². The summed E-state index contributed by atoms with van der Waals surface area (Å²) in [7, 11) is 0. The smallest absolute Gasteiger partial charge is 0.257 e. The zero-order valence-corrected chi connectivity index (χ0v) is 11.6. The minimum Gasteiger partial charge on any atom is -0.326 e. The van der Waals surface area contributed by atoms with E-state index < -0.39 is 0 Å². The Labute approximate surface area is 122 Å². The van der Waals surface area contributed by atoms with Gasteiger partial charge in [0.1, 0.15) is 0 Å². The Hall–Kier alpha value is -2.69. The second kappa shape index (κ2) is 5.36. The predicted octanol–water partition coefficient (Wildman–Crippen LogP) is 2.53. The molecule has 2 N–H and O–H groups in total. The van der Waals surface area contributed by atoms with E-state index in [0.29, 0.717) is 18.4 Å². The quantitative estimate of drug-likeness (QED) is 0.888. The van der Waals surface area contributed by atoms with Crippen molar-refractivity contribution < 1.29 is 9.59 Å². The molecular weight excluding hydrogens is 266 g/mol. The molecule has 2 heterocycles. The van der Waals surface area contributed by atoms with Crippen molar-refractivity contribution in [2.45, 2.75) is 19.8 Å². The number of benzene rings is 1. The van der Waals surface area contributed by atoms with E-state index in [0.717, 1.165) is 22.6 Å². The molecule has 1 aromatic heterocycles. The normalized spacial score (nSPS) is 13.3. The van der Waals surface area contributed by atoms with Crippen molar-refractivity contribution >= 4 is 23.2 Å². The van der Waals surface area contributed by atoms with Crippen LogP contribution in [0.1, 0.15) is 28.0 Å². The van der Waals surface area contributed by atoms with Crippen LogP contribution in [0.2, 0.25) is 0 Å². The van der Waals surface area contributed by atoms with Gasteiger partial charge in [-0.15, -0.1) is 0 Å². The molecule has 5 nitrogen and oxygen atoms in total. The van der Waals surface area contributed by atoms with E-state index in [4.69, 9.17) is 0 Å². The van der Waals surface area contributed by atoms with Gasteiger partial charge in [-0.1, -0.05) is 0 Å². The van der Waals surface area contributed by atoms with Gasteiger partial charge in [0.2, 0.25) is 5.91 Å². The number of carbonyl (C=O) groups excluding carboxylic acids is 2. The number of anilines is 2. The highest BCUT2D eigenvalue weighted by atomic mass is 16.2. The van der Waals surface area contributed by atoms with Crippen LogP contribution in [-0.2, 0) is 11.2 Å². The van der Waals surface area contributed by atoms with Gasteiger partial charge in [0, 0.05) is 29.7 Å². The first-order chi connectivity index (χ1) is 10.1. The van der Waals surface area contributed by atoms with Crippen molar-refractivity contribution in [3.8, 4) is 0 Å². The Morgan fingerprint density at radius 3 is 2.86 bits per heavy atom. The largest absolute Gasteiger partial charge is 0.326 e. The zero-order chi connectivity index (χ0) is 14.8. The molecule has 5 heteroatoms. The van der Waals surface area contributed by atoms with E-state index in [1.54, 1.807) is 24.4 Å². The Balaban J connectivity index is 1.77. The third kappa shape index (κ3) is 2.91. The van der Waals surface area contributed by atoms with E-state index in [1.807, 2.05) is 19.1 Å². The van der Waals surface area contributed by atoms with Crippen LogP contribution < -0.4 is 10.6 Å². The van der Waals surface area contributed by atoms with E-state index in [-0.39, 0.29) is 11.8 Å². The van der Waals surface area contributed by atoms with Crippen molar-refractivity contribution in [2.75, 3.05) is 10.6 Å². The van der Waals surface area contributed by atoms with E-state index in [1.165, 1.54) is 0 Å². The van der Waals surface area contributed by atoms with Gasteiger partial charge in [-0.25, -0.2) is 0 Å². The summed E-state index contributed by atoms with van der Waals surface area (Å²) in [5.74, 6) is -0.160. The molecule has 0 aliphatic carbocycles. The number of nitrogens with zero attached hydrogens (tertiary/aromatic N) is 1. The summed E-state index contributed by atoms with van der Waals surface area (Å²) in [5, 5.41) is 5.66. The number of carbonyl (C=O) groups is 2. The van der Waals surface area contributed by atoms with Crippen LogP contribution in [0.15, 0.2) is 36.5 Å². The number of rotatable bonds is 2. The van der Waals surface area contributed by atoms with Gasteiger partial charge >= 0.3 is 0 Å². The summed E-state index contributed by atoms with van der Waals surface area (Å²) < 4.78 is 0. The van der Waals surface area contributed by atoms with Gasteiger partial charge in [0.05, 0.1) is 5.56 Å². The molecule has 0 bridgehead atoms. The lowest BCUT2D eigenvalue weighted by molar-refractivity contribution is -0.116. The third-order valence-electron chi connectivity index (χ3n) is 3.43. The molecule has 0 spiro atoms. The molecule has 1 aliphatic rings. The van der Waals surface area contributed by atoms with Crippen LogP contribution in [0.25, 0.3) is 0 Å². The Morgan fingerprint density at radius 1 is 1.24 bits per heavy atom. The average Bonchev–Trinajstić information content (AvgIpc) is 2.48. The maximum absolute atomic E-state index is 12.1. The molecule has 2 aromatic rings. The van der Waals surface area contributed by atoms with E-state index >= 15 is 0 Å². The van der Waals surface area contributed by atoms with Crippen molar-refractivity contribution in [1.29, 1.82) is 0 Å². The summed E-state index contributed by atoms with van der Waals surface area (Å²) in [5.41, 5.74) is 3.97. The average molecular weight is 281 g/mol. The van der Waals surface area contributed by atoms with E-state index in [9.17, 15) is 9.59 Å². The first-order valence-electron chi connectivity index (χ1n) is 6.78. The number of aromatic nitrogens is 1. The monoisotopic (exact) mass is 281 g/mol. The number of fused-ring (bicyclic) bond motifs is 1. The fourth-order valence-electron chi connectivity index (χ4n) is 2.27. The molecule has 0 saturated carbocycles. The Morgan fingerprint density at radius 2 is 2.10 bits per heavy atom. The molecule has 3 rings (SSSR count). The van der Waals surface area contributed by atoms with E-state index in [2.05, 4.69) is 15.6 Å². The maximum Gasteiger partial charge on any atom is 0.257 e. The zero-order valence-electron chi connectivity index (χ0n) is 11.6. The molecule has 0 radical (unpaired) electrons. The van der Waals surface area contributed by atoms with Crippen molar-refractivity contribution in [3.63, 3.8) is 0 Å². The second-order valence-corrected chi connectivity index (χ2v) is 5.06. The highest BCUT2D eigenvalue weighted by molar-refractivity contribution is 6.04. The third-order valence-corrected chi connectivity index (χ3v) is 3.43. The van der Waals surface area contributed by atoms with Gasteiger partial charge < -0.3 is 10.6 Å². The lowest BCUT2D eigenvalue weighted by Crippen LogP contribution is -2.19. The van der Waals surface area contributed by atoms with Gasteiger partial charge in [-0.05, 0) is 49.2 Å². The molecule has 21 heavy (non-hydrogen) atoms. The van der Waals surface area contributed by atoms with Gasteiger partial charge in [0.15, 0.2) is 0 Å². The van der Waals surface area contributed by atoms with Gasteiger partial charge in [-0.2, -0.15) is 0 Å². The minimum absolute atomic E-state index is 0.0324. The number of aryl methyl sites for hydroxylation is 2. The second-order valence-electron chi connectivity index (χ2n) is 5.06. The molecule has 2 amide bonds.